The molecular weight excluding hydrogens is 343 g/mol. The van der Waals surface area contributed by atoms with Crippen molar-refractivity contribution in [2.24, 2.45) is 46.7 Å². The van der Waals surface area contributed by atoms with E-state index in [1.54, 1.807) is 0 Å². The first-order valence-electron chi connectivity index (χ1n) is 10.2. The summed E-state index contributed by atoms with van der Waals surface area (Å²) < 4.78 is 39.8. The summed E-state index contributed by atoms with van der Waals surface area (Å²) in [4.78, 5) is 11.9. The molecule has 26 heavy (non-hydrogen) atoms. The molecule has 0 aromatic rings. The van der Waals surface area contributed by atoms with E-state index in [1.165, 1.54) is 0 Å². The number of carbonyl (C=O) groups is 1. The number of primary amides is 1. The fraction of sp³-hybridized carbons (Fsp3) is 0.950. The van der Waals surface area contributed by atoms with Crippen LogP contribution in [0.3, 0.4) is 0 Å². The molecule has 0 spiro atoms. The molecule has 4 aliphatic carbocycles. The zero-order valence-electron chi connectivity index (χ0n) is 15.4. The van der Waals surface area contributed by atoms with Crippen molar-refractivity contribution in [1.82, 2.24) is 0 Å². The molecule has 0 aromatic carbocycles. The minimum absolute atomic E-state index is 0.0191. The number of nitrogens with two attached hydrogens (primary N) is 1. The molecule has 4 fully saturated rings. The summed E-state index contributed by atoms with van der Waals surface area (Å²) in [6.07, 6.45) is 1.21. The van der Waals surface area contributed by atoms with Gasteiger partial charge in [-0.3, -0.25) is 4.79 Å². The third-order valence-corrected chi connectivity index (χ3v) is 8.88. The van der Waals surface area contributed by atoms with Crippen LogP contribution in [-0.4, -0.2) is 22.8 Å². The van der Waals surface area contributed by atoms with Crippen molar-refractivity contribution in [1.29, 1.82) is 0 Å². The average Bonchev–Trinajstić information content (AvgIpc) is 2.90. The van der Waals surface area contributed by atoms with Gasteiger partial charge in [-0.15, -0.1) is 0 Å². The Morgan fingerprint density at radius 1 is 1.00 bits per heavy atom. The van der Waals surface area contributed by atoms with Gasteiger partial charge in [0.25, 0.3) is 0 Å². The molecule has 1 amide bonds. The number of amides is 1. The third-order valence-electron chi connectivity index (χ3n) is 8.88. The van der Waals surface area contributed by atoms with Gasteiger partial charge in [0.05, 0.1) is 0 Å². The van der Waals surface area contributed by atoms with Gasteiger partial charge in [0.1, 0.15) is 0 Å². The molecule has 4 saturated carbocycles. The van der Waals surface area contributed by atoms with E-state index in [4.69, 9.17) is 5.73 Å². The predicted octanol–water partition coefficient (Wildman–Crippen LogP) is 4.03. The summed E-state index contributed by atoms with van der Waals surface area (Å²) in [6.45, 7) is 2.21. The van der Waals surface area contributed by atoms with Crippen molar-refractivity contribution in [3.8, 4) is 0 Å². The summed E-state index contributed by atoms with van der Waals surface area (Å²) in [5.41, 5.74) is 3.14. The second-order valence-electron chi connectivity index (χ2n) is 9.78. The predicted molar refractivity (Wildman–Crippen MR) is 90.8 cm³/mol. The Morgan fingerprint density at radius 3 is 2.35 bits per heavy atom. The molecule has 0 aromatic heterocycles. The molecule has 0 heterocycles. The lowest BCUT2D eigenvalue weighted by molar-refractivity contribution is -0.282. The summed E-state index contributed by atoms with van der Waals surface area (Å²) in [6, 6.07) is 0. The average molecular weight is 373 g/mol. The lowest BCUT2D eigenvalue weighted by Gasteiger charge is -2.57. The summed E-state index contributed by atoms with van der Waals surface area (Å²) in [5.74, 6) is 1.49. The zero-order valence-corrected chi connectivity index (χ0v) is 15.4. The van der Waals surface area contributed by atoms with E-state index in [0.29, 0.717) is 30.1 Å². The van der Waals surface area contributed by atoms with Gasteiger partial charge in [0.15, 0.2) is 5.60 Å². The first kappa shape index (κ1) is 18.6. The summed E-state index contributed by atoms with van der Waals surface area (Å²) >= 11 is 0. The first-order chi connectivity index (χ1) is 12.1. The second-order valence-corrected chi connectivity index (χ2v) is 9.78. The zero-order chi connectivity index (χ0) is 18.9. The number of alkyl halides is 3. The van der Waals surface area contributed by atoms with E-state index < -0.39 is 11.8 Å². The maximum Gasteiger partial charge on any atom is 0.417 e. The van der Waals surface area contributed by atoms with Gasteiger partial charge >= 0.3 is 6.18 Å². The molecule has 6 heteroatoms. The maximum absolute atomic E-state index is 13.3. The normalized spacial score (nSPS) is 51.3. The van der Waals surface area contributed by atoms with E-state index in [1.807, 2.05) is 0 Å². The largest absolute Gasteiger partial charge is 0.417 e. The fourth-order valence-electron chi connectivity index (χ4n) is 7.60. The number of carbonyl (C=O) groups excluding carboxylic acids is 1. The highest BCUT2D eigenvalue weighted by atomic mass is 19.4. The molecular formula is C20H30F3NO2. The van der Waals surface area contributed by atoms with Crippen molar-refractivity contribution >= 4 is 5.91 Å². The van der Waals surface area contributed by atoms with Crippen LogP contribution in [0.15, 0.2) is 0 Å². The topological polar surface area (TPSA) is 63.3 Å². The van der Waals surface area contributed by atoms with Crippen LogP contribution in [-0.2, 0) is 4.79 Å². The molecule has 3 N–H and O–H groups in total. The van der Waals surface area contributed by atoms with Gasteiger partial charge in [0.2, 0.25) is 5.91 Å². The Kier molecular flexibility index (Phi) is 4.18. The SMILES string of the molecule is C[C@]12CC[C@H]3[C@@H](CC[C@@H]4C[C@@](O)(C(F)(F)F)CC[C@@H]43)[C@@H]1CC[C@@H]2C(N)=O. The van der Waals surface area contributed by atoms with Gasteiger partial charge in [-0.1, -0.05) is 6.92 Å². The lowest BCUT2D eigenvalue weighted by atomic mass is 9.49. The van der Waals surface area contributed by atoms with Crippen LogP contribution >= 0.6 is 0 Å². The first-order valence-corrected chi connectivity index (χ1v) is 10.2. The molecule has 3 nitrogen and oxygen atoms in total. The van der Waals surface area contributed by atoms with Gasteiger partial charge in [0, 0.05) is 5.92 Å². The summed E-state index contributed by atoms with van der Waals surface area (Å²) in [5, 5.41) is 10.2. The van der Waals surface area contributed by atoms with E-state index in [2.05, 4.69) is 6.92 Å². The Morgan fingerprint density at radius 2 is 1.69 bits per heavy atom. The fourth-order valence-corrected chi connectivity index (χ4v) is 7.60. The number of halogens is 3. The maximum atomic E-state index is 13.3. The standard InChI is InChI=1S/C20H30F3NO2/c1-18-8-6-13-12-7-9-19(26,20(21,22)23)10-11(12)2-3-14(13)15(18)4-5-16(18)17(24)25/h11-16,26H,2-10H2,1H3,(H2,24,25)/t11-,12+,13-,14-,15+,16-,18+,19-/m1/s1. The van der Waals surface area contributed by atoms with Crippen LogP contribution in [0.2, 0.25) is 0 Å². The quantitative estimate of drug-likeness (QED) is 0.729. The van der Waals surface area contributed by atoms with Crippen LogP contribution < -0.4 is 5.73 Å². The highest BCUT2D eigenvalue weighted by Gasteiger charge is 2.62. The molecule has 4 rings (SSSR count). The molecule has 8 atom stereocenters. The minimum Gasteiger partial charge on any atom is -0.380 e. The molecule has 0 unspecified atom stereocenters. The van der Waals surface area contributed by atoms with Crippen molar-refractivity contribution < 1.29 is 23.1 Å². The number of fused-ring (bicyclic) bond motifs is 5. The monoisotopic (exact) mass is 373 g/mol. The number of aliphatic hydroxyl groups is 1. The van der Waals surface area contributed by atoms with Gasteiger partial charge in [-0.2, -0.15) is 13.2 Å². The highest BCUT2D eigenvalue weighted by molar-refractivity contribution is 5.78. The minimum atomic E-state index is -4.53. The molecule has 0 aliphatic heterocycles. The van der Waals surface area contributed by atoms with Crippen LogP contribution in [0.4, 0.5) is 13.2 Å². The number of hydrogen-bond acceptors (Lipinski definition) is 2. The van der Waals surface area contributed by atoms with E-state index in [0.717, 1.165) is 38.5 Å². The number of rotatable bonds is 1. The van der Waals surface area contributed by atoms with Crippen molar-refractivity contribution in [3.63, 3.8) is 0 Å². The van der Waals surface area contributed by atoms with Gasteiger partial charge in [-0.05, 0) is 92.8 Å². The van der Waals surface area contributed by atoms with Crippen molar-refractivity contribution in [3.05, 3.63) is 0 Å². The Balaban J connectivity index is 1.53. The molecule has 0 radical (unpaired) electrons. The Hall–Kier alpha value is -0.780. The number of hydrogen-bond donors (Lipinski definition) is 2. The molecule has 4 aliphatic rings. The Labute approximate surface area is 152 Å². The van der Waals surface area contributed by atoms with Crippen LogP contribution in [0.1, 0.15) is 64.7 Å². The van der Waals surface area contributed by atoms with Crippen molar-refractivity contribution in [2.45, 2.75) is 76.5 Å². The van der Waals surface area contributed by atoms with Crippen molar-refractivity contribution in [2.75, 3.05) is 0 Å². The molecule has 148 valence electrons. The van der Waals surface area contributed by atoms with Crippen LogP contribution in [0, 0.1) is 40.9 Å². The second kappa shape index (κ2) is 5.86. The Bertz CT molecular complexity index is 594. The third kappa shape index (κ3) is 2.54. The summed E-state index contributed by atoms with van der Waals surface area (Å²) in [7, 11) is 0. The highest BCUT2D eigenvalue weighted by Crippen LogP contribution is 2.65. The molecule has 0 bridgehead atoms. The van der Waals surface area contributed by atoms with Gasteiger partial charge in [-0.25, -0.2) is 0 Å². The van der Waals surface area contributed by atoms with E-state index >= 15 is 0 Å². The smallest absolute Gasteiger partial charge is 0.380 e. The van der Waals surface area contributed by atoms with Crippen LogP contribution in [0.25, 0.3) is 0 Å². The van der Waals surface area contributed by atoms with E-state index in [-0.39, 0.29) is 36.0 Å². The van der Waals surface area contributed by atoms with E-state index in [9.17, 15) is 23.1 Å². The van der Waals surface area contributed by atoms with Gasteiger partial charge < -0.3 is 10.8 Å². The molecule has 0 saturated heterocycles. The van der Waals surface area contributed by atoms with Crippen LogP contribution in [0.5, 0.6) is 0 Å². The lowest BCUT2D eigenvalue weighted by Crippen LogP contribution is -2.55.